The number of nitrogens with one attached hydrogen (secondary N) is 3. The number of phenolic OH excluding ortho intramolecular Hbond substituents is 2. The van der Waals surface area contributed by atoms with Crippen LogP contribution in [0.1, 0.15) is 73.8 Å². The summed E-state index contributed by atoms with van der Waals surface area (Å²) < 4.78 is 0. The van der Waals surface area contributed by atoms with Crippen molar-refractivity contribution in [1.29, 1.82) is 0 Å². The second-order valence-corrected chi connectivity index (χ2v) is 13.1. The van der Waals surface area contributed by atoms with Gasteiger partial charge in [-0.3, -0.25) is 14.4 Å². The summed E-state index contributed by atoms with van der Waals surface area (Å²) in [5.41, 5.74) is 2.49. The Kier molecular flexibility index (Phi) is 8.67. The van der Waals surface area contributed by atoms with Crippen molar-refractivity contribution in [3.05, 3.63) is 107 Å². The largest absolute Gasteiger partial charge is 0.507 e. The molecule has 1 aromatic heterocycles. The van der Waals surface area contributed by atoms with E-state index in [2.05, 4.69) is 22.2 Å². The summed E-state index contributed by atoms with van der Waals surface area (Å²) >= 11 is 0. The van der Waals surface area contributed by atoms with Gasteiger partial charge in [-0.15, -0.1) is 6.58 Å². The number of amides is 2. The van der Waals surface area contributed by atoms with E-state index in [1.54, 1.807) is 12.2 Å². The number of carbonyl (C=O) groups excluding carboxylic acids is 3. The number of hydrogen-bond acceptors (Lipinski definition) is 5. The molecule has 2 aromatic carbocycles. The number of fused-ring (bicyclic) bond motifs is 1. The van der Waals surface area contributed by atoms with E-state index in [1.165, 1.54) is 12.1 Å². The van der Waals surface area contributed by atoms with Crippen LogP contribution in [-0.4, -0.2) is 38.8 Å². The number of aromatic nitrogens is 1. The van der Waals surface area contributed by atoms with Crippen molar-refractivity contribution >= 4 is 41.2 Å². The SMILES string of the molecule is C=CC(C)(C)c1[nH]c2ccccc2c1/C=C1\NC(=O)[C@@]2(C[C@@H](C)C=C[C@@H]2/C=C/c2c(O)cc(CC=C(C)C)c(O)c2C=O)NC1=O. The molecule has 46 heavy (non-hydrogen) atoms. The summed E-state index contributed by atoms with van der Waals surface area (Å²) in [6, 6.07) is 9.23. The maximum Gasteiger partial charge on any atom is 0.268 e. The molecule has 0 saturated carbocycles. The number of rotatable bonds is 8. The lowest BCUT2D eigenvalue weighted by Crippen LogP contribution is -2.68. The third-order valence-electron chi connectivity index (χ3n) is 9.04. The Bertz CT molecular complexity index is 1870. The molecule has 5 N–H and O–H groups in total. The van der Waals surface area contributed by atoms with Gasteiger partial charge in [-0.1, -0.05) is 81.0 Å². The van der Waals surface area contributed by atoms with E-state index in [0.717, 1.165) is 27.7 Å². The number of phenols is 2. The zero-order valence-corrected chi connectivity index (χ0v) is 26.9. The molecule has 0 unspecified atom stereocenters. The molecule has 1 aliphatic heterocycles. The van der Waals surface area contributed by atoms with Crippen LogP contribution in [0.15, 0.2) is 78.6 Å². The second kappa shape index (κ2) is 12.4. The molecule has 2 amide bonds. The molecule has 238 valence electrons. The second-order valence-electron chi connectivity index (χ2n) is 13.1. The van der Waals surface area contributed by atoms with Gasteiger partial charge in [0.25, 0.3) is 11.8 Å². The van der Waals surface area contributed by atoms with Crippen molar-refractivity contribution in [2.75, 3.05) is 0 Å². The van der Waals surface area contributed by atoms with Crippen LogP contribution in [0.2, 0.25) is 0 Å². The molecule has 1 spiro atoms. The third-order valence-corrected chi connectivity index (χ3v) is 9.04. The van der Waals surface area contributed by atoms with Gasteiger partial charge in [0.05, 0.1) is 5.56 Å². The number of aromatic hydroxyl groups is 2. The molecule has 1 saturated heterocycles. The van der Waals surface area contributed by atoms with Crippen LogP contribution >= 0.6 is 0 Å². The fraction of sp³-hybridized carbons (Fsp3) is 0.289. The smallest absolute Gasteiger partial charge is 0.268 e. The lowest BCUT2D eigenvalue weighted by atomic mass is 9.71. The topological polar surface area (TPSA) is 132 Å². The molecular weight excluding hydrogens is 578 g/mol. The normalized spacial score (nSPS) is 22.3. The van der Waals surface area contributed by atoms with Crippen LogP contribution in [-0.2, 0) is 21.4 Å². The summed E-state index contributed by atoms with van der Waals surface area (Å²) in [6.07, 6.45) is 13.7. The summed E-state index contributed by atoms with van der Waals surface area (Å²) in [4.78, 5) is 43.3. The summed E-state index contributed by atoms with van der Waals surface area (Å²) in [5.74, 6) is -1.78. The molecule has 1 aliphatic carbocycles. The quantitative estimate of drug-likeness (QED) is 0.0838. The van der Waals surface area contributed by atoms with Crippen LogP contribution in [0.5, 0.6) is 11.5 Å². The molecule has 3 atom stereocenters. The van der Waals surface area contributed by atoms with Crippen molar-refractivity contribution < 1.29 is 24.6 Å². The minimum atomic E-state index is -1.31. The fourth-order valence-electron chi connectivity index (χ4n) is 6.29. The van der Waals surface area contributed by atoms with Crippen molar-refractivity contribution in [3.63, 3.8) is 0 Å². The monoisotopic (exact) mass is 619 g/mol. The maximum absolute atomic E-state index is 14.0. The predicted octanol–water partition coefficient (Wildman–Crippen LogP) is 6.62. The summed E-state index contributed by atoms with van der Waals surface area (Å²) in [7, 11) is 0. The van der Waals surface area contributed by atoms with E-state index in [-0.39, 0.29) is 40.1 Å². The number of benzene rings is 2. The molecule has 0 bridgehead atoms. The van der Waals surface area contributed by atoms with Crippen molar-refractivity contribution in [2.45, 2.75) is 58.4 Å². The Balaban J connectivity index is 1.52. The standard InChI is InChI=1S/C38H41N3O5/c1-7-37(5,6)34-28(26-10-8-9-11-30(26)39-34)19-31-35(45)41-38(36(46)40-31)20-23(4)13-15-25(38)16-17-27-29(21-42)33(44)24(18-32(27)43)14-12-22(2)3/h7-13,15-19,21,23,25,39,43-44H,1,14,20H2,2-6H3,(H,40,46)(H,41,45)/b17-16+,31-19-/t23-,25+,38-/m0/s1. The Hall–Kier alpha value is -5.11. The molecule has 5 rings (SSSR count). The highest BCUT2D eigenvalue weighted by molar-refractivity contribution is 6.10. The molecule has 2 heterocycles. The van der Waals surface area contributed by atoms with Gasteiger partial charge >= 0.3 is 0 Å². The van der Waals surface area contributed by atoms with Gasteiger partial charge in [-0.25, -0.2) is 0 Å². The van der Waals surface area contributed by atoms with E-state index in [1.807, 2.05) is 83.2 Å². The Morgan fingerprint density at radius 2 is 1.85 bits per heavy atom. The molecule has 8 nitrogen and oxygen atoms in total. The molecule has 8 heteroatoms. The minimum absolute atomic E-state index is 0.00724. The van der Waals surface area contributed by atoms with Crippen LogP contribution < -0.4 is 10.6 Å². The average Bonchev–Trinajstić information content (AvgIpc) is 3.39. The van der Waals surface area contributed by atoms with Crippen molar-refractivity contribution in [1.82, 2.24) is 15.6 Å². The van der Waals surface area contributed by atoms with E-state index in [4.69, 9.17) is 0 Å². The molecule has 3 aromatic rings. The number of aromatic amines is 1. The zero-order chi connectivity index (χ0) is 33.4. The van der Waals surface area contributed by atoms with E-state index < -0.39 is 22.8 Å². The van der Waals surface area contributed by atoms with E-state index >= 15 is 0 Å². The van der Waals surface area contributed by atoms with Crippen LogP contribution in [0.4, 0.5) is 0 Å². The number of aldehydes is 1. The Morgan fingerprint density at radius 3 is 2.54 bits per heavy atom. The molecule has 0 radical (unpaired) electrons. The number of carbonyl (C=O) groups is 3. The molecule has 2 aliphatic rings. The first-order valence-corrected chi connectivity index (χ1v) is 15.4. The van der Waals surface area contributed by atoms with Gasteiger partial charge in [0.1, 0.15) is 22.7 Å². The van der Waals surface area contributed by atoms with E-state index in [9.17, 15) is 24.6 Å². The Morgan fingerprint density at radius 1 is 1.11 bits per heavy atom. The van der Waals surface area contributed by atoms with E-state index in [0.29, 0.717) is 24.7 Å². The number of hydrogen-bond donors (Lipinski definition) is 5. The number of para-hydroxylation sites is 1. The maximum atomic E-state index is 14.0. The number of H-pyrrole nitrogens is 1. The van der Waals surface area contributed by atoms with Crippen molar-refractivity contribution in [2.24, 2.45) is 11.8 Å². The lowest BCUT2D eigenvalue weighted by Gasteiger charge is -2.44. The highest BCUT2D eigenvalue weighted by Crippen LogP contribution is 2.39. The van der Waals surface area contributed by atoms with Gasteiger partial charge in [0, 0.05) is 44.6 Å². The van der Waals surface area contributed by atoms with Gasteiger partial charge in [-0.2, -0.15) is 0 Å². The first-order chi connectivity index (χ1) is 21.8. The van der Waals surface area contributed by atoms with Gasteiger partial charge in [-0.05, 0) is 50.8 Å². The predicted molar refractivity (Wildman–Crippen MR) is 182 cm³/mol. The van der Waals surface area contributed by atoms with Gasteiger partial charge < -0.3 is 25.8 Å². The first-order valence-electron chi connectivity index (χ1n) is 15.4. The summed E-state index contributed by atoms with van der Waals surface area (Å²) in [6.45, 7) is 13.9. The van der Waals surface area contributed by atoms with Crippen LogP contribution in [0.3, 0.4) is 0 Å². The summed E-state index contributed by atoms with van der Waals surface area (Å²) in [5, 5.41) is 28.5. The lowest BCUT2D eigenvalue weighted by molar-refractivity contribution is -0.138. The molecule has 1 fully saturated rings. The van der Waals surface area contributed by atoms with Gasteiger partial charge in [0.15, 0.2) is 6.29 Å². The zero-order valence-electron chi connectivity index (χ0n) is 26.9. The molecular formula is C38H41N3O5. The van der Waals surface area contributed by atoms with Gasteiger partial charge in [0.2, 0.25) is 0 Å². The number of allylic oxidation sites excluding steroid dienone is 4. The van der Waals surface area contributed by atoms with Crippen LogP contribution in [0.25, 0.3) is 23.1 Å². The number of piperazine rings is 1. The van der Waals surface area contributed by atoms with Crippen molar-refractivity contribution in [3.8, 4) is 11.5 Å². The highest BCUT2D eigenvalue weighted by atomic mass is 16.3. The minimum Gasteiger partial charge on any atom is -0.507 e. The van der Waals surface area contributed by atoms with Crippen LogP contribution in [0, 0.1) is 11.8 Å². The average molecular weight is 620 g/mol. The third kappa shape index (κ3) is 5.83. The first kappa shape index (κ1) is 32.3. The fourth-order valence-corrected chi connectivity index (χ4v) is 6.29. The highest BCUT2D eigenvalue weighted by Gasteiger charge is 2.50. The Labute approximate surface area is 269 Å².